The average Bonchev–Trinajstić information content (AvgIpc) is 1.87. The summed E-state index contributed by atoms with van der Waals surface area (Å²) in [6, 6.07) is 0. The molecule has 0 radical (unpaired) electrons. The summed E-state index contributed by atoms with van der Waals surface area (Å²) in [7, 11) is 0. The second-order valence-electron chi connectivity index (χ2n) is 1.86. The first-order valence-electron chi connectivity index (χ1n) is 2.87. The van der Waals surface area contributed by atoms with Crippen molar-refractivity contribution in [3.8, 4) is 0 Å². The third-order valence-electron chi connectivity index (χ3n) is 0.916. The minimum Gasteiger partial charge on any atom is -0.390 e. The van der Waals surface area contributed by atoms with Crippen LogP contribution in [0.25, 0.3) is 0 Å². The van der Waals surface area contributed by atoms with Gasteiger partial charge >= 0.3 is 0 Å². The van der Waals surface area contributed by atoms with E-state index < -0.39 is 18.4 Å². The molecular formula is C6H9F3O. The molecule has 0 fully saturated rings. The van der Waals surface area contributed by atoms with Crippen LogP contribution >= 0.6 is 0 Å². The number of alkyl halides is 2. The van der Waals surface area contributed by atoms with Gasteiger partial charge < -0.3 is 5.11 Å². The van der Waals surface area contributed by atoms with E-state index >= 15 is 0 Å². The van der Waals surface area contributed by atoms with Crippen molar-refractivity contribution in [1.82, 2.24) is 0 Å². The Morgan fingerprint density at radius 1 is 1.60 bits per heavy atom. The number of allylic oxidation sites excluding steroid dienone is 1. The summed E-state index contributed by atoms with van der Waals surface area (Å²) in [4.78, 5) is 0. The highest BCUT2D eigenvalue weighted by Crippen LogP contribution is 2.18. The predicted molar refractivity (Wildman–Crippen MR) is 31.5 cm³/mol. The summed E-state index contributed by atoms with van der Waals surface area (Å²) in [5.74, 6) is -4.32. The van der Waals surface area contributed by atoms with Gasteiger partial charge in [-0.05, 0) is 6.42 Å². The number of hydrogen-bond donors (Lipinski definition) is 1. The molecule has 0 aliphatic heterocycles. The van der Waals surface area contributed by atoms with Gasteiger partial charge in [-0.1, -0.05) is 6.92 Å². The van der Waals surface area contributed by atoms with Gasteiger partial charge in [0.15, 0.2) is 0 Å². The second kappa shape index (κ2) is 3.61. The van der Waals surface area contributed by atoms with Crippen molar-refractivity contribution in [2.45, 2.75) is 19.3 Å². The lowest BCUT2D eigenvalue weighted by Gasteiger charge is -2.06. The van der Waals surface area contributed by atoms with E-state index in [2.05, 4.69) is 0 Å². The Kier molecular flexibility index (Phi) is 3.42. The molecule has 0 aromatic carbocycles. The van der Waals surface area contributed by atoms with Crippen molar-refractivity contribution in [2.24, 2.45) is 0 Å². The van der Waals surface area contributed by atoms with Gasteiger partial charge in [-0.2, -0.15) is 8.78 Å². The summed E-state index contributed by atoms with van der Waals surface area (Å²) in [5.41, 5.74) is 0. The van der Waals surface area contributed by atoms with Crippen molar-refractivity contribution >= 4 is 0 Å². The van der Waals surface area contributed by atoms with Gasteiger partial charge in [-0.3, -0.25) is 0 Å². The molecule has 0 spiro atoms. The van der Waals surface area contributed by atoms with Crippen LogP contribution in [0.15, 0.2) is 11.9 Å². The van der Waals surface area contributed by atoms with Crippen LogP contribution in [0.5, 0.6) is 0 Å². The van der Waals surface area contributed by atoms with E-state index in [1.54, 1.807) is 0 Å². The van der Waals surface area contributed by atoms with Gasteiger partial charge in [0.1, 0.15) is 12.4 Å². The number of aliphatic hydroxyl groups is 1. The van der Waals surface area contributed by atoms with E-state index in [4.69, 9.17) is 5.11 Å². The minimum atomic E-state index is -3.42. The van der Waals surface area contributed by atoms with Gasteiger partial charge in [0.05, 0.1) is 0 Å². The molecule has 0 saturated carbocycles. The Morgan fingerprint density at radius 2 is 2.10 bits per heavy atom. The van der Waals surface area contributed by atoms with Crippen molar-refractivity contribution < 1.29 is 18.3 Å². The Morgan fingerprint density at radius 3 is 2.40 bits per heavy atom. The molecule has 0 aliphatic rings. The smallest absolute Gasteiger partial charge is 0.291 e. The molecule has 0 heterocycles. The SMILES string of the molecule is CC/C(F)=C/C(F)(F)CO. The summed E-state index contributed by atoms with van der Waals surface area (Å²) >= 11 is 0. The van der Waals surface area contributed by atoms with E-state index in [0.717, 1.165) is 0 Å². The third kappa shape index (κ3) is 3.50. The monoisotopic (exact) mass is 154 g/mol. The Bertz CT molecular complexity index is 131. The highest BCUT2D eigenvalue weighted by molar-refractivity contribution is 4.99. The van der Waals surface area contributed by atoms with E-state index in [1.165, 1.54) is 6.92 Å². The molecule has 0 atom stereocenters. The zero-order chi connectivity index (χ0) is 8.20. The van der Waals surface area contributed by atoms with Gasteiger partial charge in [0.25, 0.3) is 5.92 Å². The van der Waals surface area contributed by atoms with Crippen LogP contribution < -0.4 is 0 Å². The molecular weight excluding hydrogens is 145 g/mol. The van der Waals surface area contributed by atoms with Crippen LogP contribution in [0, 0.1) is 0 Å². The van der Waals surface area contributed by atoms with Crippen LogP contribution in [0.4, 0.5) is 13.2 Å². The van der Waals surface area contributed by atoms with Crippen molar-refractivity contribution in [3.05, 3.63) is 11.9 Å². The zero-order valence-corrected chi connectivity index (χ0v) is 5.57. The van der Waals surface area contributed by atoms with E-state index in [0.29, 0.717) is 0 Å². The lowest BCUT2D eigenvalue weighted by atomic mass is 10.3. The maximum atomic E-state index is 12.1. The average molecular weight is 154 g/mol. The van der Waals surface area contributed by atoms with Gasteiger partial charge in [0, 0.05) is 6.08 Å². The van der Waals surface area contributed by atoms with Crippen molar-refractivity contribution in [3.63, 3.8) is 0 Å². The fourth-order valence-electron chi connectivity index (χ4n) is 0.377. The molecule has 1 N–H and O–H groups in total. The van der Waals surface area contributed by atoms with Crippen LogP contribution in [-0.2, 0) is 0 Å². The molecule has 0 bridgehead atoms. The van der Waals surface area contributed by atoms with Crippen LogP contribution in [0.2, 0.25) is 0 Å². The molecule has 4 heteroatoms. The molecule has 0 aromatic heterocycles. The highest BCUT2D eigenvalue weighted by atomic mass is 19.3. The third-order valence-corrected chi connectivity index (χ3v) is 0.916. The van der Waals surface area contributed by atoms with Gasteiger partial charge in [-0.25, -0.2) is 4.39 Å². The highest BCUT2D eigenvalue weighted by Gasteiger charge is 2.24. The summed E-state index contributed by atoms with van der Waals surface area (Å²) < 4.78 is 36.1. The van der Waals surface area contributed by atoms with E-state index in [1.807, 2.05) is 0 Å². The molecule has 0 saturated heterocycles. The summed E-state index contributed by atoms with van der Waals surface area (Å²) in [6.07, 6.45) is 0.0581. The maximum absolute atomic E-state index is 12.1. The molecule has 0 unspecified atom stereocenters. The molecule has 60 valence electrons. The molecule has 0 aliphatic carbocycles. The summed E-state index contributed by atoms with van der Waals surface area (Å²) in [5, 5.41) is 7.98. The second-order valence-corrected chi connectivity index (χ2v) is 1.86. The Balaban J connectivity index is 4.09. The largest absolute Gasteiger partial charge is 0.390 e. The fourth-order valence-corrected chi connectivity index (χ4v) is 0.377. The van der Waals surface area contributed by atoms with E-state index in [9.17, 15) is 13.2 Å². The number of aliphatic hydroxyl groups excluding tert-OH is 1. The first-order chi connectivity index (χ1) is 4.52. The van der Waals surface area contributed by atoms with Gasteiger partial charge in [0.2, 0.25) is 0 Å². The maximum Gasteiger partial charge on any atom is 0.291 e. The van der Waals surface area contributed by atoms with Crippen LogP contribution in [-0.4, -0.2) is 17.6 Å². The molecule has 0 aromatic rings. The fraction of sp³-hybridized carbons (Fsp3) is 0.667. The first kappa shape index (κ1) is 9.49. The topological polar surface area (TPSA) is 20.2 Å². The zero-order valence-electron chi connectivity index (χ0n) is 5.57. The predicted octanol–water partition coefficient (Wildman–Crippen LogP) is 1.88. The Hall–Kier alpha value is -0.510. The van der Waals surface area contributed by atoms with Crippen molar-refractivity contribution in [1.29, 1.82) is 0 Å². The molecule has 0 amide bonds. The molecule has 1 nitrogen and oxygen atoms in total. The van der Waals surface area contributed by atoms with Crippen LogP contribution in [0.1, 0.15) is 13.3 Å². The standard InChI is InChI=1S/C6H9F3O/c1-2-5(7)3-6(8,9)4-10/h3,10H,2,4H2,1H3/b5-3-. The quantitative estimate of drug-likeness (QED) is 0.658. The molecule has 0 rings (SSSR count). The number of halogens is 3. The number of rotatable bonds is 3. The van der Waals surface area contributed by atoms with Gasteiger partial charge in [-0.15, -0.1) is 0 Å². The van der Waals surface area contributed by atoms with Crippen molar-refractivity contribution in [2.75, 3.05) is 6.61 Å². The number of hydrogen-bond acceptors (Lipinski definition) is 1. The van der Waals surface area contributed by atoms with Crippen LogP contribution in [0.3, 0.4) is 0 Å². The lowest BCUT2D eigenvalue weighted by molar-refractivity contribution is -0.00664. The minimum absolute atomic E-state index is 0.0738. The first-order valence-corrected chi connectivity index (χ1v) is 2.87. The summed E-state index contributed by atoms with van der Waals surface area (Å²) in [6.45, 7) is 0.0692. The normalized spacial score (nSPS) is 13.9. The lowest BCUT2D eigenvalue weighted by Crippen LogP contribution is -2.17. The molecule has 10 heavy (non-hydrogen) atoms. The van der Waals surface area contributed by atoms with E-state index in [-0.39, 0.29) is 12.5 Å². The Labute approximate surface area is 57.2 Å².